The van der Waals surface area contributed by atoms with E-state index < -0.39 is 6.04 Å². The van der Waals surface area contributed by atoms with Crippen LogP contribution < -0.4 is 0 Å². The number of carbonyl (C=O) groups excluding carboxylic acids is 3. The molecule has 4 amide bonds. The van der Waals surface area contributed by atoms with Crippen LogP contribution in [0.1, 0.15) is 60.0 Å². The van der Waals surface area contributed by atoms with Gasteiger partial charge in [-0.2, -0.15) is 0 Å². The predicted octanol–water partition coefficient (Wildman–Crippen LogP) is 3.11. The zero-order valence-corrected chi connectivity index (χ0v) is 16.8. The van der Waals surface area contributed by atoms with Crippen molar-refractivity contribution in [2.75, 3.05) is 19.6 Å². The minimum atomic E-state index is -0.535. The molecule has 1 atom stereocenters. The fraction of sp³-hybridized carbons (Fsp3) is 0.591. The number of urea groups is 1. The van der Waals surface area contributed by atoms with Crippen LogP contribution in [-0.4, -0.2) is 64.3 Å². The lowest BCUT2D eigenvalue weighted by Crippen LogP contribution is -2.45. The average Bonchev–Trinajstić information content (AvgIpc) is 2.83. The molecule has 28 heavy (non-hydrogen) atoms. The van der Waals surface area contributed by atoms with E-state index in [4.69, 9.17) is 0 Å². The smallest absolute Gasteiger partial charge is 0.327 e. The molecule has 3 aliphatic rings. The van der Waals surface area contributed by atoms with Crippen molar-refractivity contribution in [2.45, 2.75) is 64.5 Å². The average molecular weight is 383 g/mol. The highest BCUT2D eigenvalue weighted by molar-refractivity contribution is 6.05. The molecular formula is C22H29N3O3. The summed E-state index contributed by atoms with van der Waals surface area (Å²) < 4.78 is 0. The van der Waals surface area contributed by atoms with Gasteiger partial charge in [0.2, 0.25) is 0 Å². The second-order valence-electron chi connectivity index (χ2n) is 8.47. The van der Waals surface area contributed by atoms with Crippen LogP contribution in [0.4, 0.5) is 4.79 Å². The molecule has 2 saturated heterocycles. The third kappa shape index (κ3) is 3.40. The SMILES string of the molecule is Cc1cc(C)cc(C(=O)N2CCCN3C(=O)N(C4CCCCC4)C(=O)C3C2)c1. The standard InChI is InChI=1S/C22H29N3O3/c1-15-11-16(2)13-17(12-15)20(26)23-9-6-10-24-19(14-23)21(27)25(22(24)28)18-7-4-3-5-8-18/h11-13,18-19H,3-10,14H2,1-2H3. The summed E-state index contributed by atoms with van der Waals surface area (Å²) in [6.07, 6.45) is 5.84. The van der Waals surface area contributed by atoms with Crippen LogP contribution in [0.3, 0.4) is 0 Å². The molecule has 1 aliphatic carbocycles. The van der Waals surface area contributed by atoms with Gasteiger partial charge in [-0.25, -0.2) is 4.79 Å². The minimum Gasteiger partial charge on any atom is -0.336 e. The van der Waals surface area contributed by atoms with Gasteiger partial charge in [-0.3, -0.25) is 14.5 Å². The first-order valence-corrected chi connectivity index (χ1v) is 10.5. The molecule has 150 valence electrons. The Labute approximate surface area is 166 Å². The molecule has 6 heteroatoms. The van der Waals surface area contributed by atoms with E-state index in [1.54, 1.807) is 9.80 Å². The van der Waals surface area contributed by atoms with Gasteiger partial charge < -0.3 is 9.80 Å². The van der Waals surface area contributed by atoms with Crippen molar-refractivity contribution in [1.29, 1.82) is 0 Å². The van der Waals surface area contributed by atoms with Crippen LogP contribution >= 0.6 is 0 Å². The predicted molar refractivity (Wildman–Crippen MR) is 106 cm³/mol. The third-order valence-corrected chi connectivity index (χ3v) is 6.27. The first-order valence-electron chi connectivity index (χ1n) is 10.5. The van der Waals surface area contributed by atoms with E-state index in [-0.39, 0.29) is 23.9 Å². The van der Waals surface area contributed by atoms with Gasteiger partial charge >= 0.3 is 6.03 Å². The van der Waals surface area contributed by atoms with Gasteiger partial charge in [-0.1, -0.05) is 36.5 Å². The Hall–Kier alpha value is -2.37. The molecule has 1 unspecified atom stereocenters. The van der Waals surface area contributed by atoms with Gasteiger partial charge in [0, 0.05) is 24.7 Å². The first kappa shape index (κ1) is 19.0. The van der Waals surface area contributed by atoms with Crippen LogP contribution in [-0.2, 0) is 4.79 Å². The van der Waals surface area contributed by atoms with Gasteiger partial charge in [0.25, 0.3) is 11.8 Å². The van der Waals surface area contributed by atoms with Crippen LogP contribution in [0.5, 0.6) is 0 Å². The molecule has 3 fully saturated rings. The summed E-state index contributed by atoms with van der Waals surface area (Å²) in [6.45, 7) is 5.36. The Morgan fingerprint density at radius 1 is 0.929 bits per heavy atom. The molecule has 0 N–H and O–H groups in total. The summed E-state index contributed by atoms with van der Waals surface area (Å²) in [6, 6.07) is 5.18. The van der Waals surface area contributed by atoms with E-state index in [9.17, 15) is 14.4 Å². The molecule has 0 bridgehead atoms. The molecular weight excluding hydrogens is 354 g/mol. The van der Waals surface area contributed by atoms with E-state index in [0.29, 0.717) is 31.6 Å². The van der Waals surface area contributed by atoms with Gasteiger partial charge in [-0.15, -0.1) is 0 Å². The lowest BCUT2D eigenvalue weighted by Gasteiger charge is -2.29. The van der Waals surface area contributed by atoms with Crippen molar-refractivity contribution in [3.8, 4) is 0 Å². The number of nitrogens with zero attached hydrogens (tertiary/aromatic N) is 3. The summed E-state index contributed by atoms with van der Waals surface area (Å²) in [5.41, 5.74) is 2.76. The van der Waals surface area contributed by atoms with E-state index in [0.717, 1.165) is 36.8 Å². The lowest BCUT2D eigenvalue weighted by molar-refractivity contribution is -0.130. The largest absolute Gasteiger partial charge is 0.336 e. The second-order valence-corrected chi connectivity index (χ2v) is 8.47. The van der Waals surface area contributed by atoms with E-state index >= 15 is 0 Å². The fourth-order valence-electron chi connectivity index (χ4n) is 4.96. The van der Waals surface area contributed by atoms with Crippen molar-refractivity contribution >= 4 is 17.8 Å². The molecule has 0 spiro atoms. The van der Waals surface area contributed by atoms with Gasteiger partial charge in [0.15, 0.2) is 0 Å². The zero-order chi connectivity index (χ0) is 19.8. The summed E-state index contributed by atoms with van der Waals surface area (Å²) >= 11 is 0. The second kappa shape index (κ2) is 7.57. The topological polar surface area (TPSA) is 60.9 Å². The highest BCUT2D eigenvalue weighted by Crippen LogP contribution is 2.30. The summed E-state index contributed by atoms with van der Waals surface area (Å²) in [7, 11) is 0. The number of benzene rings is 1. The van der Waals surface area contributed by atoms with E-state index in [1.165, 1.54) is 11.3 Å². The van der Waals surface area contributed by atoms with Crippen molar-refractivity contribution in [1.82, 2.24) is 14.7 Å². The number of carbonyl (C=O) groups is 3. The molecule has 1 saturated carbocycles. The molecule has 0 aromatic heterocycles. The number of amides is 4. The molecule has 1 aromatic carbocycles. The van der Waals surface area contributed by atoms with Gasteiger partial charge in [0.05, 0.1) is 6.54 Å². The monoisotopic (exact) mass is 383 g/mol. The molecule has 0 radical (unpaired) electrons. The fourth-order valence-corrected chi connectivity index (χ4v) is 4.96. The first-order chi connectivity index (χ1) is 13.5. The number of fused-ring (bicyclic) bond motifs is 1. The van der Waals surface area contributed by atoms with Crippen molar-refractivity contribution in [3.63, 3.8) is 0 Å². The quantitative estimate of drug-likeness (QED) is 0.737. The number of hydrogen-bond donors (Lipinski definition) is 0. The Bertz CT molecular complexity index is 780. The van der Waals surface area contributed by atoms with Crippen LogP contribution in [0, 0.1) is 13.8 Å². The van der Waals surface area contributed by atoms with Crippen LogP contribution in [0.2, 0.25) is 0 Å². The normalized spacial score (nSPS) is 23.8. The third-order valence-electron chi connectivity index (χ3n) is 6.27. The molecule has 6 nitrogen and oxygen atoms in total. The number of hydrogen-bond acceptors (Lipinski definition) is 3. The maximum Gasteiger partial charge on any atom is 0.327 e. The van der Waals surface area contributed by atoms with Crippen molar-refractivity contribution in [2.24, 2.45) is 0 Å². The van der Waals surface area contributed by atoms with Crippen molar-refractivity contribution in [3.05, 3.63) is 34.9 Å². The molecule has 4 rings (SSSR count). The zero-order valence-electron chi connectivity index (χ0n) is 16.8. The molecule has 2 aliphatic heterocycles. The molecule has 2 heterocycles. The Balaban J connectivity index is 1.54. The lowest BCUT2D eigenvalue weighted by atomic mass is 9.94. The summed E-state index contributed by atoms with van der Waals surface area (Å²) in [5.74, 6) is -0.165. The Morgan fingerprint density at radius 3 is 2.29 bits per heavy atom. The van der Waals surface area contributed by atoms with Crippen LogP contribution in [0.25, 0.3) is 0 Å². The highest BCUT2D eigenvalue weighted by Gasteiger charge is 2.49. The number of aryl methyl sites for hydroxylation is 2. The minimum absolute atomic E-state index is 0.0317. The van der Waals surface area contributed by atoms with E-state index in [2.05, 4.69) is 0 Å². The highest BCUT2D eigenvalue weighted by atomic mass is 16.2. The number of rotatable bonds is 2. The Kier molecular flexibility index (Phi) is 5.13. The summed E-state index contributed by atoms with van der Waals surface area (Å²) in [5, 5.41) is 0. The van der Waals surface area contributed by atoms with Gasteiger partial charge in [0.1, 0.15) is 6.04 Å². The Morgan fingerprint density at radius 2 is 1.61 bits per heavy atom. The number of imide groups is 1. The maximum atomic E-state index is 13.1. The van der Waals surface area contributed by atoms with Gasteiger partial charge in [-0.05, 0) is 45.2 Å². The molecule has 1 aromatic rings. The van der Waals surface area contributed by atoms with E-state index in [1.807, 2.05) is 32.0 Å². The summed E-state index contributed by atoms with van der Waals surface area (Å²) in [4.78, 5) is 44.2. The van der Waals surface area contributed by atoms with Crippen LogP contribution in [0.15, 0.2) is 18.2 Å². The maximum absolute atomic E-state index is 13.1. The van der Waals surface area contributed by atoms with Crippen molar-refractivity contribution < 1.29 is 14.4 Å².